The summed E-state index contributed by atoms with van der Waals surface area (Å²) in [6, 6.07) is 13.2. The van der Waals surface area contributed by atoms with Crippen LogP contribution < -0.4 is 0 Å². The van der Waals surface area contributed by atoms with Gasteiger partial charge in [0.2, 0.25) is 0 Å². The third-order valence-electron chi connectivity index (χ3n) is 9.70. The Balaban J connectivity index is 1.13. The number of hydrogen-bond acceptors (Lipinski definition) is 6. The van der Waals surface area contributed by atoms with Gasteiger partial charge in [0.15, 0.2) is 9.84 Å². The average Bonchev–Trinajstić information content (AvgIpc) is 3.13. The molecular formula is C32H44N4O3S. The van der Waals surface area contributed by atoms with Crippen LogP contribution in [-0.2, 0) is 21.6 Å². The molecule has 1 atom stereocenters. The van der Waals surface area contributed by atoms with Gasteiger partial charge in [0.1, 0.15) is 5.82 Å². The number of rotatable bonds is 5. The highest BCUT2D eigenvalue weighted by Gasteiger charge is 2.30. The van der Waals surface area contributed by atoms with E-state index in [1.807, 2.05) is 12.1 Å². The van der Waals surface area contributed by atoms with Gasteiger partial charge in [-0.1, -0.05) is 6.07 Å². The maximum Gasteiger partial charge on any atom is 0.175 e. The molecule has 0 spiro atoms. The molecule has 0 amide bonds. The normalized spacial score (nSPS) is 23.0. The Morgan fingerprint density at radius 3 is 2.20 bits per heavy atom. The fraction of sp³-hybridized carbons (Fsp3) is 0.594. The van der Waals surface area contributed by atoms with Gasteiger partial charge in [-0.15, -0.1) is 0 Å². The van der Waals surface area contributed by atoms with Gasteiger partial charge in [0.05, 0.1) is 15.9 Å². The second kappa shape index (κ2) is 11.6. The molecule has 3 aliphatic heterocycles. The van der Waals surface area contributed by atoms with E-state index in [9.17, 15) is 8.42 Å². The highest BCUT2D eigenvalue weighted by Crippen LogP contribution is 2.35. The van der Waals surface area contributed by atoms with Crippen molar-refractivity contribution in [3.8, 4) is 11.4 Å². The SMILES string of the molecule is Cc1cc(C2CCN(C3CCCN(C4CCOCC4)CC3)CC2)cc2c1nc(-c1ccc(S(C)(=O)=O)cc1)n2C. The molecule has 8 heteroatoms. The Morgan fingerprint density at radius 2 is 1.50 bits per heavy atom. The lowest BCUT2D eigenvalue weighted by molar-refractivity contribution is 0.0341. The Morgan fingerprint density at radius 1 is 0.850 bits per heavy atom. The van der Waals surface area contributed by atoms with E-state index in [1.165, 1.54) is 88.5 Å². The van der Waals surface area contributed by atoms with E-state index in [2.05, 4.69) is 40.5 Å². The van der Waals surface area contributed by atoms with Crippen molar-refractivity contribution in [2.24, 2.45) is 7.05 Å². The molecule has 40 heavy (non-hydrogen) atoms. The first-order valence-electron chi connectivity index (χ1n) is 15.1. The fourth-order valence-electron chi connectivity index (χ4n) is 7.31. The molecule has 0 aliphatic carbocycles. The quantitative estimate of drug-likeness (QED) is 0.426. The second-order valence-corrected chi connectivity index (χ2v) is 14.3. The Hall–Kier alpha value is -2.26. The molecule has 0 N–H and O–H groups in total. The minimum Gasteiger partial charge on any atom is -0.381 e. The van der Waals surface area contributed by atoms with Crippen LogP contribution in [0.5, 0.6) is 0 Å². The lowest BCUT2D eigenvalue weighted by Gasteiger charge is -2.38. The van der Waals surface area contributed by atoms with Gasteiger partial charge >= 0.3 is 0 Å². The second-order valence-electron chi connectivity index (χ2n) is 12.3. The number of fused-ring (bicyclic) bond motifs is 1. The van der Waals surface area contributed by atoms with Crippen LogP contribution in [0.3, 0.4) is 0 Å². The van der Waals surface area contributed by atoms with Crippen LogP contribution in [0.1, 0.15) is 62.0 Å². The zero-order valence-corrected chi connectivity index (χ0v) is 25.1. The van der Waals surface area contributed by atoms with Crippen molar-refractivity contribution in [1.29, 1.82) is 0 Å². The number of aryl methyl sites for hydroxylation is 2. The van der Waals surface area contributed by atoms with Crippen LogP contribution in [0, 0.1) is 6.92 Å². The molecule has 7 nitrogen and oxygen atoms in total. The number of nitrogens with zero attached hydrogens (tertiary/aromatic N) is 4. The third-order valence-corrected chi connectivity index (χ3v) is 10.8. The summed E-state index contributed by atoms with van der Waals surface area (Å²) in [7, 11) is -1.15. The zero-order chi connectivity index (χ0) is 27.9. The molecule has 2 aromatic carbocycles. The van der Waals surface area contributed by atoms with Gasteiger partial charge in [-0.3, -0.25) is 0 Å². The summed E-state index contributed by atoms with van der Waals surface area (Å²) in [5.74, 6) is 1.45. The van der Waals surface area contributed by atoms with Crippen molar-refractivity contribution in [2.45, 2.75) is 74.8 Å². The Bertz CT molecular complexity index is 1440. The molecule has 3 fully saturated rings. The molecule has 0 radical (unpaired) electrons. The minimum atomic E-state index is -3.22. The summed E-state index contributed by atoms with van der Waals surface area (Å²) in [4.78, 5) is 10.9. The predicted molar refractivity (Wildman–Crippen MR) is 161 cm³/mol. The molecule has 6 rings (SSSR count). The maximum absolute atomic E-state index is 11.9. The molecule has 4 heterocycles. The largest absolute Gasteiger partial charge is 0.381 e. The molecule has 3 aromatic rings. The van der Waals surface area contributed by atoms with E-state index < -0.39 is 9.84 Å². The number of hydrogen-bond donors (Lipinski definition) is 0. The number of sulfone groups is 1. The average molecular weight is 565 g/mol. The summed E-state index contributed by atoms with van der Waals surface area (Å²) in [6.45, 7) is 8.90. The topological polar surface area (TPSA) is 67.7 Å². The minimum absolute atomic E-state index is 0.334. The smallest absolute Gasteiger partial charge is 0.175 e. The van der Waals surface area contributed by atoms with E-state index >= 15 is 0 Å². The summed E-state index contributed by atoms with van der Waals surface area (Å²) >= 11 is 0. The van der Waals surface area contributed by atoms with Crippen LogP contribution in [0.2, 0.25) is 0 Å². The van der Waals surface area contributed by atoms with E-state index in [-0.39, 0.29) is 0 Å². The Labute approximate surface area is 239 Å². The molecule has 1 unspecified atom stereocenters. The van der Waals surface area contributed by atoms with E-state index in [0.717, 1.165) is 47.7 Å². The van der Waals surface area contributed by atoms with Crippen LogP contribution in [0.25, 0.3) is 22.4 Å². The number of likely N-dealkylation sites (tertiary alicyclic amines) is 2. The van der Waals surface area contributed by atoms with Crippen LogP contribution >= 0.6 is 0 Å². The number of piperidine rings is 1. The van der Waals surface area contributed by atoms with Crippen molar-refractivity contribution < 1.29 is 13.2 Å². The number of ether oxygens (including phenoxy) is 1. The lowest BCUT2D eigenvalue weighted by atomic mass is 9.87. The van der Waals surface area contributed by atoms with Gasteiger partial charge < -0.3 is 19.1 Å². The summed E-state index contributed by atoms with van der Waals surface area (Å²) < 4.78 is 31.5. The van der Waals surface area contributed by atoms with Gasteiger partial charge in [0.25, 0.3) is 0 Å². The fourth-order valence-corrected chi connectivity index (χ4v) is 7.94. The number of imidazole rings is 1. The molecule has 216 valence electrons. The first-order chi connectivity index (χ1) is 19.3. The molecule has 1 aromatic heterocycles. The molecule has 0 bridgehead atoms. The Kier molecular flexibility index (Phi) is 8.05. The third kappa shape index (κ3) is 5.73. The summed E-state index contributed by atoms with van der Waals surface area (Å²) in [6.07, 6.45) is 10.0. The van der Waals surface area contributed by atoms with Gasteiger partial charge in [-0.25, -0.2) is 13.4 Å². The van der Waals surface area contributed by atoms with E-state index in [1.54, 1.807) is 12.1 Å². The van der Waals surface area contributed by atoms with Crippen molar-refractivity contribution in [1.82, 2.24) is 19.4 Å². The van der Waals surface area contributed by atoms with Crippen molar-refractivity contribution in [3.63, 3.8) is 0 Å². The summed E-state index contributed by atoms with van der Waals surface area (Å²) in [5, 5.41) is 0. The maximum atomic E-state index is 11.9. The highest BCUT2D eigenvalue weighted by atomic mass is 32.2. The van der Waals surface area contributed by atoms with Crippen molar-refractivity contribution in [3.05, 3.63) is 47.5 Å². The molecule has 0 saturated carbocycles. The zero-order valence-electron chi connectivity index (χ0n) is 24.3. The standard InChI is InChI=1S/C32H44N4O3S/c1-23-21-26(22-30-31(23)33-32(34(30)2)25-6-8-29(9-7-25)40(3,37)38)24-10-16-36(17-11-24)27-5-4-15-35(18-12-27)28-13-19-39-20-14-28/h6-9,21-22,24,27-28H,4-5,10-20H2,1-3H3. The van der Waals surface area contributed by atoms with Crippen LogP contribution in [0.15, 0.2) is 41.3 Å². The lowest BCUT2D eigenvalue weighted by Crippen LogP contribution is -2.43. The van der Waals surface area contributed by atoms with Crippen LogP contribution in [-0.4, -0.2) is 85.5 Å². The number of aromatic nitrogens is 2. The van der Waals surface area contributed by atoms with Crippen LogP contribution in [0.4, 0.5) is 0 Å². The van der Waals surface area contributed by atoms with Gasteiger partial charge in [0, 0.05) is 44.2 Å². The molecular weight excluding hydrogens is 520 g/mol. The predicted octanol–water partition coefficient (Wildman–Crippen LogP) is 5.17. The van der Waals surface area contributed by atoms with Crippen molar-refractivity contribution in [2.75, 3.05) is 45.6 Å². The van der Waals surface area contributed by atoms with E-state index in [0.29, 0.717) is 10.8 Å². The van der Waals surface area contributed by atoms with Gasteiger partial charge in [-0.05, 0) is 125 Å². The molecule has 3 saturated heterocycles. The highest BCUT2D eigenvalue weighted by molar-refractivity contribution is 7.90. The number of benzene rings is 2. The molecule has 3 aliphatic rings. The first-order valence-corrected chi connectivity index (χ1v) is 17.0. The van der Waals surface area contributed by atoms with Gasteiger partial charge in [-0.2, -0.15) is 0 Å². The first kappa shape index (κ1) is 27.9. The van der Waals surface area contributed by atoms with Crippen molar-refractivity contribution >= 4 is 20.9 Å². The monoisotopic (exact) mass is 564 g/mol. The summed E-state index contributed by atoms with van der Waals surface area (Å²) in [5.41, 5.74) is 5.74. The van der Waals surface area contributed by atoms with E-state index in [4.69, 9.17) is 9.72 Å².